The van der Waals surface area contributed by atoms with Gasteiger partial charge < -0.3 is 15.7 Å². The lowest BCUT2D eigenvalue weighted by Crippen LogP contribution is -2.27. The summed E-state index contributed by atoms with van der Waals surface area (Å²) in [5, 5.41) is 26.2. The van der Waals surface area contributed by atoms with E-state index in [2.05, 4.69) is 31.0 Å². The molecule has 0 saturated carbocycles. The number of carbonyl (C=O) groups is 3. The van der Waals surface area contributed by atoms with Crippen molar-refractivity contribution in [2.75, 3.05) is 11.9 Å². The number of thiazole rings is 1. The highest BCUT2D eigenvalue weighted by molar-refractivity contribution is 7.17. The van der Waals surface area contributed by atoms with Crippen molar-refractivity contribution >= 4 is 34.3 Å². The lowest BCUT2D eigenvalue weighted by Gasteiger charge is -2.06. The van der Waals surface area contributed by atoms with Crippen LogP contribution in [0.2, 0.25) is 0 Å². The van der Waals surface area contributed by atoms with Crippen molar-refractivity contribution in [2.24, 2.45) is 7.05 Å². The topological polar surface area (TPSA) is 152 Å². The van der Waals surface area contributed by atoms with Crippen LogP contribution in [0.1, 0.15) is 32.1 Å². The van der Waals surface area contributed by atoms with Gasteiger partial charge in [0, 0.05) is 24.1 Å². The number of carboxylic acid groups (broad SMARTS) is 1. The Morgan fingerprint density at radius 2 is 2.07 bits per heavy atom. The summed E-state index contributed by atoms with van der Waals surface area (Å²) >= 11 is 0.885. The van der Waals surface area contributed by atoms with Crippen LogP contribution in [0.25, 0.3) is 11.4 Å². The normalized spacial score (nSPS) is 10.6. The number of hydrogen-bond donors (Lipinski definition) is 3. The second-order valence-electron chi connectivity index (χ2n) is 5.98. The number of nitrogens with zero attached hydrogens (tertiary/aromatic N) is 5. The number of aromatic carboxylic acids is 1. The molecule has 0 aliphatic rings. The van der Waals surface area contributed by atoms with E-state index >= 15 is 0 Å². The summed E-state index contributed by atoms with van der Waals surface area (Å²) in [5.41, 5.74) is 1.39. The minimum absolute atomic E-state index is 0.0121. The fourth-order valence-corrected chi connectivity index (χ4v) is 3.24. The van der Waals surface area contributed by atoms with Crippen LogP contribution in [0.3, 0.4) is 0 Å². The minimum Gasteiger partial charge on any atom is -0.477 e. The van der Waals surface area contributed by atoms with Crippen LogP contribution in [-0.2, 0) is 11.8 Å². The second kappa shape index (κ2) is 8.56. The molecule has 0 aliphatic carbocycles. The summed E-state index contributed by atoms with van der Waals surface area (Å²) in [6.45, 7) is 1.66. The molecule has 1 aromatic carbocycles. The number of amides is 2. The Morgan fingerprint density at radius 1 is 1.28 bits per heavy atom. The number of tetrazole rings is 1. The first-order chi connectivity index (χ1) is 13.8. The molecule has 2 aromatic heterocycles. The SMILES string of the molecule is Cc1nc(NC(=O)CCNC(=O)c2cccc(-c3nnn(C)n3)c2)sc1C(=O)O. The molecule has 0 unspecified atom stereocenters. The Labute approximate surface area is 168 Å². The highest BCUT2D eigenvalue weighted by atomic mass is 32.1. The molecule has 0 aliphatic heterocycles. The van der Waals surface area contributed by atoms with Gasteiger partial charge in [-0.3, -0.25) is 9.59 Å². The quantitative estimate of drug-likeness (QED) is 0.519. The molecule has 2 amide bonds. The number of hydrogen-bond acceptors (Lipinski definition) is 8. The number of nitrogens with one attached hydrogen (secondary N) is 2. The van der Waals surface area contributed by atoms with E-state index in [0.717, 1.165) is 11.3 Å². The molecule has 29 heavy (non-hydrogen) atoms. The zero-order valence-corrected chi connectivity index (χ0v) is 16.4. The van der Waals surface area contributed by atoms with Crippen LogP contribution < -0.4 is 10.6 Å². The summed E-state index contributed by atoms with van der Waals surface area (Å²) in [6, 6.07) is 6.75. The molecule has 0 saturated heterocycles. The molecule has 150 valence electrons. The number of aryl methyl sites for hydroxylation is 2. The summed E-state index contributed by atoms with van der Waals surface area (Å²) in [5.74, 6) is -1.41. The third-order valence-electron chi connectivity index (χ3n) is 3.77. The maximum Gasteiger partial charge on any atom is 0.347 e. The maximum absolute atomic E-state index is 12.3. The monoisotopic (exact) mass is 415 g/mol. The second-order valence-corrected chi connectivity index (χ2v) is 6.98. The molecule has 0 atom stereocenters. The van der Waals surface area contributed by atoms with Gasteiger partial charge in [-0.05, 0) is 24.3 Å². The van der Waals surface area contributed by atoms with Gasteiger partial charge >= 0.3 is 5.97 Å². The van der Waals surface area contributed by atoms with E-state index in [1.807, 2.05) is 0 Å². The van der Waals surface area contributed by atoms with Crippen molar-refractivity contribution in [1.82, 2.24) is 30.5 Å². The van der Waals surface area contributed by atoms with Crippen molar-refractivity contribution in [1.29, 1.82) is 0 Å². The average molecular weight is 415 g/mol. The van der Waals surface area contributed by atoms with Gasteiger partial charge in [0.15, 0.2) is 5.13 Å². The number of carboxylic acids is 1. The van der Waals surface area contributed by atoms with E-state index in [9.17, 15) is 14.4 Å². The van der Waals surface area contributed by atoms with Gasteiger partial charge in [-0.25, -0.2) is 9.78 Å². The fraction of sp³-hybridized carbons (Fsp3) is 0.235. The number of rotatable bonds is 7. The van der Waals surface area contributed by atoms with Crippen molar-refractivity contribution < 1.29 is 19.5 Å². The molecule has 0 radical (unpaired) electrons. The molecule has 3 rings (SSSR count). The van der Waals surface area contributed by atoms with Gasteiger partial charge in [-0.2, -0.15) is 4.80 Å². The third-order valence-corrected chi connectivity index (χ3v) is 4.83. The predicted octanol–water partition coefficient (Wildman–Crippen LogP) is 1.10. The minimum atomic E-state index is -1.09. The lowest BCUT2D eigenvalue weighted by molar-refractivity contribution is -0.116. The number of anilines is 1. The highest BCUT2D eigenvalue weighted by Crippen LogP contribution is 2.22. The molecule has 0 fully saturated rings. The molecule has 11 nitrogen and oxygen atoms in total. The Kier molecular flexibility index (Phi) is 5.93. The summed E-state index contributed by atoms with van der Waals surface area (Å²) in [7, 11) is 1.65. The van der Waals surface area contributed by atoms with Crippen LogP contribution in [0.5, 0.6) is 0 Å². The van der Waals surface area contributed by atoms with Gasteiger partial charge in [-0.15, -0.1) is 10.2 Å². The smallest absolute Gasteiger partial charge is 0.347 e. The zero-order chi connectivity index (χ0) is 21.0. The van der Waals surface area contributed by atoms with E-state index < -0.39 is 5.97 Å². The van der Waals surface area contributed by atoms with Gasteiger partial charge in [0.2, 0.25) is 11.7 Å². The highest BCUT2D eigenvalue weighted by Gasteiger charge is 2.16. The first-order valence-corrected chi connectivity index (χ1v) is 9.28. The number of aromatic nitrogens is 5. The van der Waals surface area contributed by atoms with E-state index in [-0.39, 0.29) is 34.8 Å². The van der Waals surface area contributed by atoms with Crippen LogP contribution in [0, 0.1) is 6.92 Å². The van der Waals surface area contributed by atoms with E-state index in [0.29, 0.717) is 22.6 Å². The Hall–Kier alpha value is -3.67. The molecular formula is C17H17N7O4S. The molecule has 2 heterocycles. The molecule has 3 aromatic rings. The van der Waals surface area contributed by atoms with Crippen molar-refractivity contribution in [3.05, 3.63) is 40.4 Å². The summed E-state index contributed by atoms with van der Waals surface area (Å²) in [4.78, 5) is 40.7. The average Bonchev–Trinajstić information content (AvgIpc) is 3.27. The molecule has 0 bridgehead atoms. The molecule has 0 spiro atoms. The molecule has 12 heteroatoms. The molecular weight excluding hydrogens is 398 g/mol. The van der Waals surface area contributed by atoms with E-state index in [4.69, 9.17) is 5.11 Å². The predicted molar refractivity (Wildman–Crippen MR) is 104 cm³/mol. The Morgan fingerprint density at radius 3 is 2.72 bits per heavy atom. The van der Waals surface area contributed by atoms with Crippen molar-refractivity contribution in [3.63, 3.8) is 0 Å². The van der Waals surface area contributed by atoms with Crippen LogP contribution in [0.15, 0.2) is 24.3 Å². The largest absolute Gasteiger partial charge is 0.477 e. The lowest BCUT2D eigenvalue weighted by atomic mass is 10.1. The van der Waals surface area contributed by atoms with Crippen LogP contribution in [0.4, 0.5) is 5.13 Å². The number of benzene rings is 1. The van der Waals surface area contributed by atoms with Gasteiger partial charge in [-0.1, -0.05) is 23.5 Å². The maximum atomic E-state index is 12.3. The third kappa shape index (κ3) is 4.99. The van der Waals surface area contributed by atoms with Gasteiger partial charge in [0.25, 0.3) is 5.91 Å². The number of carbonyl (C=O) groups excluding carboxylic acids is 2. The summed E-state index contributed by atoms with van der Waals surface area (Å²) in [6.07, 6.45) is 0.0121. The first kappa shape index (κ1) is 20.1. The Bertz CT molecular complexity index is 1080. The standard InChI is InChI=1S/C17H17N7O4S/c1-9-13(16(27)28)29-17(19-9)20-12(25)6-7-18-15(26)11-5-3-4-10(8-11)14-21-23-24(2)22-14/h3-5,8H,6-7H2,1-2H3,(H,18,26)(H,27,28)(H,19,20,25). The van der Waals surface area contributed by atoms with Crippen LogP contribution in [-0.4, -0.2) is 54.6 Å². The fourth-order valence-electron chi connectivity index (χ4n) is 2.42. The van der Waals surface area contributed by atoms with Crippen LogP contribution >= 0.6 is 11.3 Å². The first-order valence-electron chi connectivity index (χ1n) is 8.46. The van der Waals surface area contributed by atoms with Gasteiger partial charge in [0.05, 0.1) is 12.7 Å². The van der Waals surface area contributed by atoms with Crippen molar-refractivity contribution in [2.45, 2.75) is 13.3 Å². The van der Waals surface area contributed by atoms with Gasteiger partial charge in [0.1, 0.15) is 4.88 Å². The zero-order valence-electron chi connectivity index (χ0n) is 15.5. The van der Waals surface area contributed by atoms with E-state index in [1.54, 1.807) is 38.2 Å². The Balaban J connectivity index is 1.52. The van der Waals surface area contributed by atoms with E-state index in [1.165, 1.54) is 4.80 Å². The van der Waals surface area contributed by atoms with Crippen molar-refractivity contribution in [3.8, 4) is 11.4 Å². The molecule has 3 N–H and O–H groups in total. The summed E-state index contributed by atoms with van der Waals surface area (Å²) < 4.78 is 0.